The van der Waals surface area contributed by atoms with Crippen molar-refractivity contribution in [2.45, 2.75) is 44.8 Å². The number of aliphatic hydroxyl groups is 2. The van der Waals surface area contributed by atoms with Crippen molar-refractivity contribution in [3.05, 3.63) is 0 Å². The van der Waals surface area contributed by atoms with E-state index in [4.69, 9.17) is 0 Å². The summed E-state index contributed by atoms with van der Waals surface area (Å²) in [7, 11) is 0. The number of hydrogen-bond donors (Lipinski definition) is 2. The molecule has 10 heavy (non-hydrogen) atoms. The Morgan fingerprint density at radius 3 is 2.40 bits per heavy atom. The van der Waals surface area contributed by atoms with Crippen LogP contribution in [0.3, 0.4) is 0 Å². The molecule has 1 rings (SSSR count). The second-order valence-electron chi connectivity index (χ2n) is 3.49. The number of hydrogen-bond acceptors (Lipinski definition) is 2. The second-order valence-corrected chi connectivity index (χ2v) is 3.49. The molecule has 0 amide bonds. The summed E-state index contributed by atoms with van der Waals surface area (Å²) < 4.78 is 0. The Balaban J connectivity index is 2.43. The van der Waals surface area contributed by atoms with E-state index >= 15 is 0 Å². The fourth-order valence-corrected chi connectivity index (χ4v) is 1.13. The molecule has 2 unspecified atom stereocenters. The lowest BCUT2D eigenvalue weighted by Crippen LogP contribution is -2.39. The molecule has 0 aromatic heterocycles. The molecule has 1 saturated carbocycles. The molecule has 0 aliphatic heterocycles. The molecular weight excluding hydrogens is 128 g/mol. The average Bonchev–Trinajstić information content (AvgIpc) is 2.68. The van der Waals surface area contributed by atoms with Gasteiger partial charge in [-0.15, -0.1) is 0 Å². The van der Waals surface area contributed by atoms with E-state index in [-0.39, 0.29) is 0 Å². The Labute approximate surface area is 61.9 Å². The minimum atomic E-state index is -0.860. The van der Waals surface area contributed by atoms with Gasteiger partial charge in [-0.3, -0.25) is 0 Å². The van der Waals surface area contributed by atoms with Gasteiger partial charge in [-0.25, -0.2) is 0 Å². The molecule has 60 valence electrons. The molecule has 0 saturated heterocycles. The summed E-state index contributed by atoms with van der Waals surface area (Å²) in [6.45, 7) is 3.60. The third-order valence-corrected chi connectivity index (χ3v) is 2.42. The first-order chi connectivity index (χ1) is 4.58. The van der Waals surface area contributed by atoms with E-state index in [0.29, 0.717) is 12.3 Å². The van der Waals surface area contributed by atoms with Gasteiger partial charge in [0.15, 0.2) is 0 Å². The van der Waals surface area contributed by atoms with Gasteiger partial charge >= 0.3 is 0 Å². The van der Waals surface area contributed by atoms with Gasteiger partial charge in [-0.2, -0.15) is 0 Å². The molecule has 0 bridgehead atoms. The summed E-state index contributed by atoms with van der Waals surface area (Å²) in [6.07, 6.45) is 2.29. The van der Waals surface area contributed by atoms with Crippen molar-refractivity contribution in [1.82, 2.24) is 0 Å². The van der Waals surface area contributed by atoms with Crippen LogP contribution in [-0.2, 0) is 0 Å². The fourth-order valence-electron chi connectivity index (χ4n) is 1.13. The highest BCUT2D eigenvalue weighted by molar-refractivity contribution is 4.91. The molecule has 2 heteroatoms. The molecule has 1 fully saturated rings. The fraction of sp³-hybridized carbons (Fsp3) is 1.00. The van der Waals surface area contributed by atoms with Gasteiger partial charge in [0.2, 0.25) is 0 Å². The van der Waals surface area contributed by atoms with Crippen molar-refractivity contribution < 1.29 is 10.2 Å². The van der Waals surface area contributed by atoms with E-state index in [1.54, 1.807) is 6.92 Å². The van der Waals surface area contributed by atoms with Crippen molar-refractivity contribution in [2.24, 2.45) is 5.92 Å². The van der Waals surface area contributed by atoms with Gasteiger partial charge in [-0.1, -0.05) is 6.92 Å². The van der Waals surface area contributed by atoms with Crippen molar-refractivity contribution in [3.63, 3.8) is 0 Å². The SMILES string of the molecule is CCC(C)(O)C(O)C1CC1. The van der Waals surface area contributed by atoms with Gasteiger partial charge in [0.05, 0.1) is 11.7 Å². The summed E-state index contributed by atoms with van der Waals surface area (Å²) in [4.78, 5) is 0. The third kappa shape index (κ3) is 1.50. The maximum atomic E-state index is 9.55. The van der Waals surface area contributed by atoms with Crippen LogP contribution in [0.25, 0.3) is 0 Å². The van der Waals surface area contributed by atoms with Crippen molar-refractivity contribution in [2.75, 3.05) is 0 Å². The van der Waals surface area contributed by atoms with Crippen LogP contribution in [0.1, 0.15) is 33.1 Å². The summed E-state index contributed by atoms with van der Waals surface area (Å²) >= 11 is 0. The molecule has 0 heterocycles. The lowest BCUT2D eigenvalue weighted by atomic mass is 9.93. The topological polar surface area (TPSA) is 40.5 Å². The molecule has 0 spiro atoms. The van der Waals surface area contributed by atoms with E-state index < -0.39 is 11.7 Å². The quantitative estimate of drug-likeness (QED) is 0.618. The number of aliphatic hydroxyl groups excluding tert-OH is 1. The third-order valence-electron chi connectivity index (χ3n) is 2.42. The highest BCUT2D eigenvalue weighted by Crippen LogP contribution is 2.37. The first kappa shape index (κ1) is 8.02. The van der Waals surface area contributed by atoms with E-state index in [0.717, 1.165) is 12.8 Å². The Bertz CT molecular complexity index is 116. The molecule has 0 aromatic rings. The lowest BCUT2D eigenvalue weighted by Gasteiger charge is -2.27. The zero-order chi connectivity index (χ0) is 7.78. The number of rotatable bonds is 3. The minimum Gasteiger partial charge on any atom is -0.390 e. The Hall–Kier alpha value is -0.0800. The summed E-state index contributed by atoms with van der Waals surface area (Å²) in [6, 6.07) is 0. The predicted molar refractivity (Wildman–Crippen MR) is 39.6 cm³/mol. The van der Waals surface area contributed by atoms with Gasteiger partial charge in [0, 0.05) is 0 Å². The van der Waals surface area contributed by atoms with Crippen LogP contribution in [0.5, 0.6) is 0 Å². The average molecular weight is 144 g/mol. The van der Waals surface area contributed by atoms with Crippen LogP contribution < -0.4 is 0 Å². The normalized spacial score (nSPS) is 27.6. The Kier molecular flexibility index (Phi) is 2.02. The van der Waals surface area contributed by atoms with Gasteiger partial charge in [0.25, 0.3) is 0 Å². The summed E-state index contributed by atoms with van der Waals surface area (Å²) in [5, 5.41) is 19.0. The zero-order valence-electron chi connectivity index (χ0n) is 6.67. The predicted octanol–water partition coefficient (Wildman–Crippen LogP) is 0.918. The highest BCUT2D eigenvalue weighted by atomic mass is 16.3. The van der Waals surface area contributed by atoms with Gasteiger partial charge in [0.1, 0.15) is 0 Å². The Morgan fingerprint density at radius 1 is 1.60 bits per heavy atom. The Morgan fingerprint density at radius 2 is 2.10 bits per heavy atom. The molecule has 1 aliphatic carbocycles. The van der Waals surface area contributed by atoms with Crippen LogP contribution in [0.15, 0.2) is 0 Å². The molecule has 0 aromatic carbocycles. The summed E-state index contributed by atoms with van der Waals surface area (Å²) in [5.74, 6) is 0.370. The maximum absolute atomic E-state index is 9.55. The van der Waals surface area contributed by atoms with E-state index in [9.17, 15) is 10.2 Å². The van der Waals surface area contributed by atoms with Crippen molar-refractivity contribution >= 4 is 0 Å². The molecule has 2 N–H and O–H groups in total. The largest absolute Gasteiger partial charge is 0.390 e. The van der Waals surface area contributed by atoms with Crippen molar-refractivity contribution in [3.8, 4) is 0 Å². The van der Waals surface area contributed by atoms with Crippen LogP contribution in [0.2, 0.25) is 0 Å². The van der Waals surface area contributed by atoms with E-state index in [2.05, 4.69) is 0 Å². The van der Waals surface area contributed by atoms with Crippen molar-refractivity contribution in [1.29, 1.82) is 0 Å². The summed E-state index contributed by atoms with van der Waals surface area (Å²) in [5.41, 5.74) is -0.860. The van der Waals surface area contributed by atoms with Crippen LogP contribution >= 0.6 is 0 Å². The lowest BCUT2D eigenvalue weighted by molar-refractivity contribution is -0.0737. The minimum absolute atomic E-state index is 0.370. The van der Waals surface area contributed by atoms with Gasteiger partial charge in [-0.05, 0) is 32.1 Å². The standard InChI is InChI=1S/C8H16O2/c1-3-8(2,10)7(9)6-4-5-6/h6-7,9-10H,3-5H2,1-2H3. The van der Waals surface area contributed by atoms with E-state index in [1.165, 1.54) is 0 Å². The van der Waals surface area contributed by atoms with Crippen LogP contribution in [0, 0.1) is 5.92 Å². The first-order valence-electron chi connectivity index (χ1n) is 3.98. The van der Waals surface area contributed by atoms with Crippen LogP contribution in [-0.4, -0.2) is 21.9 Å². The monoisotopic (exact) mass is 144 g/mol. The van der Waals surface area contributed by atoms with Crippen LogP contribution in [0.4, 0.5) is 0 Å². The highest BCUT2D eigenvalue weighted by Gasteiger charge is 2.40. The molecule has 2 atom stereocenters. The molecular formula is C8H16O2. The maximum Gasteiger partial charge on any atom is 0.0877 e. The molecule has 2 nitrogen and oxygen atoms in total. The smallest absolute Gasteiger partial charge is 0.0877 e. The van der Waals surface area contributed by atoms with Gasteiger partial charge < -0.3 is 10.2 Å². The zero-order valence-corrected chi connectivity index (χ0v) is 6.67. The van der Waals surface area contributed by atoms with E-state index in [1.807, 2.05) is 6.92 Å². The first-order valence-corrected chi connectivity index (χ1v) is 3.98. The second kappa shape index (κ2) is 2.51. The molecule has 1 aliphatic rings. The molecule has 0 radical (unpaired) electrons.